The number of fused-ring (bicyclic) bond motifs is 3. The van der Waals surface area contributed by atoms with Gasteiger partial charge in [-0.1, -0.05) is 12.1 Å². The standard InChI is InChI=1S/C18H25FN2/c1-21-13-5-6-14(21)10-12(9-13)11-20-18-8-7-15-16(18)3-2-4-17(15)19/h2-4,12-14,18,20H,5-11H2,1H3. The lowest BCUT2D eigenvalue weighted by atomic mass is 9.90. The molecule has 2 aliphatic heterocycles. The molecule has 3 unspecified atom stereocenters. The summed E-state index contributed by atoms with van der Waals surface area (Å²) < 4.78 is 13.8. The Kier molecular flexibility index (Phi) is 3.50. The molecular formula is C18H25FN2. The van der Waals surface area contributed by atoms with E-state index in [2.05, 4.69) is 23.3 Å². The van der Waals surface area contributed by atoms with Gasteiger partial charge in [0, 0.05) is 18.1 Å². The molecule has 0 aromatic heterocycles. The third-order valence-corrected chi connectivity index (χ3v) is 6.06. The second kappa shape index (κ2) is 5.36. The minimum atomic E-state index is -0.0193. The fraction of sp³-hybridized carbons (Fsp3) is 0.667. The lowest BCUT2D eigenvalue weighted by Crippen LogP contribution is -2.42. The van der Waals surface area contributed by atoms with Crippen molar-refractivity contribution in [2.45, 2.75) is 56.7 Å². The Hall–Kier alpha value is -0.930. The molecule has 1 N–H and O–H groups in total. The van der Waals surface area contributed by atoms with Gasteiger partial charge in [-0.25, -0.2) is 4.39 Å². The highest BCUT2D eigenvalue weighted by Crippen LogP contribution is 2.38. The Bertz CT molecular complexity index is 516. The second-order valence-corrected chi connectivity index (χ2v) is 7.20. The van der Waals surface area contributed by atoms with Crippen molar-refractivity contribution in [3.63, 3.8) is 0 Å². The monoisotopic (exact) mass is 288 g/mol. The van der Waals surface area contributed by atoms with Crippen molar-refractivity contribution in [2.75, 3.05) is 13.6 Å². The van der Waals surface area contributed by atoms with E-state index in [4.69, 9.17) is 0 Å². The van der Waals surface area contributed by atoms with Crippen molar-refractivity contribution in [1.82, 2.24) is 10.2 Å². The maximum atomic E-state index is 13.8. The van der Waals surface area contributed by atoms with Gasteiger partial charge in [-0.05, 0) is 75.2 Å². The lowest BCUT2D eigenvalue weighted by Gasteiger charge is -2.36. The van der Waals surface area contributed by atoms with E-state index in [9.17, 15) is 4.39 Å². The molecule has 1 aliphatic carbocycles. The van der Waals surface area contributed by atoms with E-state index in [1.54, 1.807) is 6.07 Å². The molecule has 0 saturated carbocycles. The van der Waals surface area contributed by atoms with Gasteiger partial charge in [-0.2, -0.15) is 0 Å². The van der Waals surface area contributed by atoms with Gasteiger partial charge in [0.1, 0.15) is 5.82 Å². The van der Waals surface area contributed by atoms with Gasteiger partial charge < -0.3 is 10.2 Å². The van der Waals surface area contributed by atoms with Crippen LogP contribution in [0.15, 0.2) is 18.2 Å². The molecule has 2 saturated heterocycles. The Morgan fingerprint density at radius 3 is 2.71 bits per heavy atom. The van der Waals surface area contributed by atoms with Crippen molar-refractivity contribution in [3.05, 3.63) is 35.1 Å². The van der Waals surface area contributed by atoms with Crippen LogP contribution in [-0.4, -0.2) is 30.6 Å². The van der Waals surface area contributed by atoms with Crippen LogP contribution in [0.25, 0.3) is 0 Å². The molecule has 3 aliphatic rings. The Labute approximate surface area is 126 Å². The first-order chi connectivity index (χ1) is 10.2. The summed E-state index contributed by atoms with van der Waals surface area (Å²) in [7, 11) is 2.29. The third-order valence-electron chi connectivity index (χ3n) is 6.06. The van der Waals surface area contributed by atoms with Gasteiger partial charge in [0.15, 0.2) is 0 Å². The molecule has 0 radical (unpaired) electrons. The van der Waals surface area contributed by atoms with Crippen molar-refractivity contribution in [1.29, 1.82) is 0 Å². The molecule has 2 fully saturated rings. The first kappa shape index (κ1) is 13.7. The molecule has 0 spiro atoms. The summed E-state index contributed by atoms with van der Waals surface area (Å²) in [6.07, 6.45) is 7.38. The average Bonchev–Trinajstić information content (AvgIpc) is 2.96. The Balaban J connectivity index is 1.38. The molecule has 1 aromatic carbocycles. The van der Waals surface area contributed by atoms with Gasteiger partial charge in [-0.15, -0.1) is 0 Å². The van der Waals surface area contributed by atoms with Crippen LogP contribution in [0.2, 0.25) is 0 Å². The molecule has 1 aromatic rings. The topological polar surface area (TPSA) is 15.3 Å². The molecule has 4 rings (SSSR count). The highest BCUT2D eigenvalue weighted by atomic mass is 19.1. The number of rotatable bonds is 3. The number of benzene rings is 1. The van der Waals surface area contributed by atoms with Crippen LogP contribution in [0, 0.1) is 11.7 Å². The minimum Gasteiger partial charge on any atom is -0.310 e. The molecule has 21 heavy (non-hydrogen) atoms. The summed E-state index contributed by atoms with van der Waals surface area (Å²) in [6, 6.07) is 7.53. The van der Waals surface area contributed by atoms with Gasteiger partial charge in [0.2, 0.25) is 0 Å². The van der Waals surface area contributed by atoms with E-state index in [-0.39, 0.29) is 5.82 Å². The van der Waals surface area contributed by atoms with E-state index >= 15 is 0 Å². The Morgan fingerprint density at radius 2 is 1.95 bits per heavy atom. The maximum absolute atomic E-state index is 13.8. The van der Waals surface area contributed by atoms with Crippen molar-refractivity contribution in [2.24, 2.45) is 5.92 Å². The van der Waals surface area contributed by atoms with Crippen LogP contribution in [0.4, 0.5) is 4.39 Å². The van der Waals surface area contributed by atoms with E-state index in [1.165, 1.54) is 31.2 Å². The zero-order valence-corrected chi connectivity index (χ0v) is 12.8. The summed E-state index contributed by atoms with van der Waals surface area (Å²) in [5.41, 5.74) is 2.14. The molecule has 114 valence electrons. The van der Waals surface area contributed by atoms with Crippen molar-refractivity contribution < 1.29 is 4.39 Å². The van der Waals surface area contributed by atoms with Crippen LogP contribution in [0.3, 0.4) is 0 Å². The molecule has 2 heterocycles. The minimum absolute atomic E-state index is 0.0193. The summed E-state index contributed by atoms with van der Waals surface area (Å²) >= 11 is 0. The molecule has 3 heteroatoms. The fourth-order valence-electron chi connectivity index (χ4n) is 4.82. The van der Waals surface area contributed by atoms with Crippen LogP contribution in [-0.2, 0) is 6.42 Å². The predicted octanol–water partition coefficient (Wildman–Crippen LogP) is 3.28. The largest absolute Gasteiger partial charge is 0.310 e. The van der Waals surface area contributed by atoms with Gasteiger partial charge in [0.25, 0.3) is 0 Å². The number of hydrogen-bond acceptors (Lipinski definition) is 2. The number of halogens is 1. The third kappa shape index (κ3) is 2.40. The summed E-state index contributed by atoms with van der Waals surface area (Å²) in [5.74, 6) is 0.783. The molecular weight excluding hydrogens is 263 g/mol. The smallest absolute Gasteiger partial charge is 0.126 e. The number of nitrogens with zero attached hydrogens (tertiary/aromatic N) is 1. The first-order valence-corrected chi connectivity index (χ1v) is 8.45. The lowest BCUT2D eigenvalue weighted by molar-refractivity contribution is 0.131. The van der Waals surface area contributed by atoms with Crippen molar-refractivity contribution >= 4 is 0 Å². The first-order valence-electron chi connectivity index (χ1n) is 8.45. The van der Waals surface area contributed by atoms with E-state index in [0.29, 0.717) is 6.04 Å². The van der Waals surface area contributed by atoms with Crippen LogP contribution in [0.5, 0.6) is 0 Å². The summed E-state index contributed by atoms with van der Waals surface area (Å²) in [4.78, 5) is 2.59. The number of nitrogens with one attached hydrogen (secondary N) is 1. The fourth-order valence-corrected chi connectivity index (χ4v) is 4.82. The van der Waals surface area contributed by atoms with E-state index in [1.807, 2.05) is 6.07 Å². The number of piperidine rings is 1. The van der Waals surface area contributed by atoms with Crippen LogP contribution < -0.4 is 5.32 Å². The second-order valence-electron chi connectivity index (χ2n) is 7.20. The van der Waals surface area contributed by atoms with E-state index in [0.717, 1.165) is 43.0 Å². The van der Waals surface area contributed by atoms with Crippen LogP contribution >= 0.6 is 0 Å². The highest BCUT2D eigenvalue weighted by molar-refractivity contribution is 5.35. The summed E-state index contributed by atoms with van der Waals surface area (Å²) in [6.45, 7) is 1.10. The number of hydrogen-bond donors (Lipinski definition) is 1. The molecule has 0 amide bonds. The maximum Gasteiger partial charge on any atom is 0.126 e. The van der Waals surface area contributed by atoms with Gasteiger partial charge in [0.05, 0.1) is 0 Å². The average molecular weight is 288 g/mol. The van der Waals surface area contributed by atoms with Gasteiger partial charge in [-0.3, -0.25) is 0 Å². The molecule has 2 nitrogen and oxygen atoms in total. The van der Waals surface area contributed by atoms with E-state index < -0.39 is 0 Å². The SMILES string of the molecule is CN1C2CCC1CC(CNC1CCc3c(F)cccc31)C2. The normalized spacial score (nSPS) is 35.1. The predicted molar refractivity (Wildman–Crippen MR) is 82.8 cm³/mol. The van der Waals surface area contributed by atoms with Gasteiger partial charge >= 0.3 is 0 Å². The molecule has 2 bridgehead atoms. The zero-order chi connectivity index (χ0) is 14.4. The molecule has 3 atom stereocenters. The Morgan fingerprint density at radius 1 is 1.19 bits per heavy atom. The van der Waals surface area contributed by atoms with Crippen LogP contribution in [0.1, 0.15) is 49.3 Å². The quantitative estimate of drug-likeness (QED) is 0.918. The highest BCUT2D eigenvalue weighted by Gasteiger charge is 2.38. The zero-order valence-electron chi connectivity index (χ0n) is 12.8. The summed E-state index contributed by atoms with van der Waals surface area (Å²) in [5, 5.41) is 3.73. The van der Waals surface area contributed by atoms with Crippen molar-refractivity contribution in [3.8, 4) is 0 Å².